The van der Waals surface area contributed by atoms with Crippen LogP contribution in [0.5, 0.6) is 0 Å². The summed E-state index contributed by atoms with van der Waals surface area (Å²) in [5.41, 5.74) is 8.22. The largest absolute Gasteiger partial charge is 0.365 e. The molecular weight excluding hydrogens is 390 g/mol. The van der Waals surface area contributed by atoms with E-state index < -0.39 is 17.1 Å². The summed E-state index contributed by atoms with van der Waals surface area (Å²) in [6, 6.07) is 0. The highest BCUT2D eigenvalue weighted by atomic mass is 32.1. The summed E-state index contributed by atoms with van der Waals surface area (Å²) >= 11 is 1.36. The molecule has 2 aliphatic heterocycles. The molecule has 0 saturated heterocycles. The molecule has 4 N–H and O–H groups in total. The Bertz CT molecular complexity index is 1000. The highest BCUT2D eigenvalue weighted by molar-refractivity contribution is 7.17. The van der Waals surface area contributed by atoms with E-state index in [1.54, 1.807) is 0 Å². The molecule has 8 nitrogen and oxygen atoms in total. The van der Waals surface area contributed by atoms with Crippen LogP contribution in [0.4, 0.5) is 5.00 Å². The van der Waals surface area contributed by atoms with Gasteiger partial charge in [-0.25, -0.2) is 0 Å². The average Bonchev–Trinajstić information content (AvgIpc) is 3.14. The number of fused-ring (bicyclic) bond motifs is 2. The second kappa shape index (κ2) is 6.65. The number of aromatic nitrogens is 2. The molecule has 9 heteroatoms. The SMILES string of the molecule is CN1CCc2[nH]nc(C(=O)Nc3sc4c(c3C(N)=O)CC(C)(C)OC4(C)C)c2C1. The zero-order chi connectivity index (χ0) is 21.1. The lowest BCUT2D eigenvalue weighted by Crippen LogP contribution is -2.42. The van der Waals surface area contributed by atoms with E-state index in [-0.39, 0.29) is 5.91 Å². The van der Waals surface area contributed by atoms with Crippen LogP contribution in [0.25, 0.3) is 0 Å². The number of carbonyl (C=O) groups is 2. The van der Waals surface area contributed by atoms with Gasteiger partial charge < -0.3 is 20.7 Å². The summed E-state index contributed by atoms with van der Waals surface area (Å²) in [6.07, 6.45) is 1.38. The van der Waals surface area contributed by atoms with Crippen LogP contribution in [0.1, 0.15) is 70.2 Å². The van der Waals surface area contributed by atoms with Gasteiger partial charge in [-0.05, 0) is 40.3 Å². The summed E-state index contributed by atoms with van der Waals surface area (Å²) in [7, 11) is 2.01. The zero-order valence-corrected chi connectivity index (χ0v) is 18.2. The van der Waals surface area contributed by atoms with Crippen LogP contribution in [-0.4, -0.2) is 46.1 Å². The lowest BCUT2D eigenvalue weighted by Gasteiger charge is -2.41. The van der Waals surface area contributed by atoms with E-state index in [2.05, 4.69) is 20.4 Å². The van der Waals surface area contributed by atoms with Crippen molar-refractivity contribution in [3.05, 3.63) is 33.0 Å². The van der Waals surface area contributed by atoms with Crippen LogP contribution in [0.15, 0.2) is 0 Å². The highest BCUT2D eigenvalue weighted by Crippen LogP contribution is 2.48. The molecule has 2 aromatic rings. The molecule has 0 aromatic carbocycles. The number of primary amides is 1. The van der Waals surface area contributed by atoms with Crippen LogP contribution in [0.3, 0.4) is 0 Å². The minimum absolute atomic E-state index is 0.336. The van der Waals surface area contributed by atoms with E-state index in [1.165, 1.54) is 11.3 Å². The Morgan fingerprint density at radius 3 is 2.69 bits per heavy atom. The molecule has 4 rings (SSSR count). The lowest BCUT2D eigenvalue weighted by molar-refractivity contribution is -0.135. The van der Waals surface area contributed by atoms with E-state index in [0.29, 0.717) is 29.2 Å². The Morgan fingerprint density at radius 1 is 1.28 bits per heavy atom. The Hall–Kier alpha value is -2.23. The van der Waals surface area contributed by atoms with Crippen molar-refractivity contribution >= 4 is 28.2 Å². The quantitative estimate of drug-likeness (QED) is 0.710. The van der Waals surface area contributed by atoms with Crippen molar-refractivity contribution in [2.24, 2.45) is 5.73 Å². The molecule has 0 saturated carbocycles. The summed E-state index contributed by atoms with van der Waals surface area (Å²) < 4.78 is 6.22. The molecule has 0 bridgehead atoms. The number of nitrogens with zero attached hydrogens (tertiary/aromatic N) is 2. The predicted molar refractivity (Wildman–Crippen MR) is 111 cm³/mol. The Balaban J connectivity index is 1.72. The fraction of sp³-hybridized carbons (Fsp3) is 0.550. The smallest absolute Gasteiger partial charge is 0.277 e. The van der Waals surface area contributed by atoms with Gasteiger partial charge in [0.1, 0.15) is 5.00 Å². The first-order valence-corrected chi connectivity index (χ1v) is 10.5. The van der Waals surface area contributed by atoms with Crippen molar-refractivity contribution in [1.82, 2.24) is 15.1 Å². The summed E-state index contributed by atoms with van der Waals surface area (Å²) in [5.74, 6) is -0.882. The minimum atomic E-state index is -0.580. The van der Waals surface area contributed by atoms with Gasteiger partial charge in [-0.2, -0.15) is 5.10 Å². The molecule has 0 radical (unpaired) electrons. The van der Waals surface area contributed by atoms with E-state index in [4.69, 9.17) is 10.5 Å². The monoisotopic (exact) mass is 417 g/mol. The number of nitrogens with one attached hydrogen (secondary N) is 2. The topological polar surface area (TPSA) is 113 Å². The van der Waals surface area contributed by atoms with Gasteiger partial charge in [0, 0.05) is 42.1 Å². The Kier molecular flexibility index (Phi) is 4.60. The standard InChI is InChI=1S/C20H27N5O3S/c1-19(2)8-10-13(16(21)26)18(29-15(10)20(3,4)28-19)22-17(27)14-11-9-25(5)7-6-12(11)23-24-14/h6-9H2,1-5H3,(H2,21,26)(H,22,27)(H,23,24). The number of rotatable bonds is 3. The third-order valence-corrected chi connectivity index (χ3v) is 6.95. The lowest BCUT2D eigenvalue weighted by atomic mass is 9.86. The predicted octanol–water partition coefficient (Wildman–Crippen LogP) is 2.40. The van der Waals surface area contributed by atoms with Crippen molar-refractivity contribution < 1.29 is 14.3 Å². The first kappa shape index (κ1) is 20.1. The molecule has 0 unspecified atom stereocenters. The van der Waals surface area contributed by atoms with Crippen LogP contribution < -0.4 is 11.1 Å². The van der Waals surface area contributed by atoms with Crippen molar-refractivity contribution in [2.75, 3.05) is 18.9 Å². The van der Waals surface area contributed by atoms with Gasteiger partial charge in [-0.15, -0.1) is 11.3 Å². The van der Waals surface area contributed by atoms with Gasteiger partial charge in [0.2, 0.25) is 0 Å². The zero-order valence-electron chi connectivity index (χ0n) is 17.4. The van der Waals surface area contributed by atoms with E-state index in [9.17, 15) is 9.59 Å². The maximum absolute atomic E-state index is 13.0. The van der Waals surface area contributed by atoms with Crippen LogP contribution in [0, 0.1) is 0 Å². The number of hydrogen-bond acceptors (Lipinski definition) is 6. The van der Waals surface area contributed by atoms with E-state index >= 15 is 0 Å². The molecule has 2 aromatic heterocycles. The fourth-order valence-corrected chi connectivity index (χ4v) is 5.71. The normalized spacial score (nSPS) is 20.0. The van der Waals surface area contributed by atoms with Crippen LogP contribution in [0.2, 0.25) is 0 Å². The number of likely N-dealkylation sites (N-methyl/N-ethyl adjacent to an activating group) is 1. The van der Waals surface area contributed by atoms with Gasteiger partial charge in [0.05, 0.1) is 16.8 Å². The molecule has 0 spiro atoms. The molecule has 4 heterocycles. The number of hydrogen-bond donors (Lipinski definition) is 3. The number of thiophene rings is 1. The minimum Gasteiger partial charge on any atom is -0.365 e. The Morgan fingerprint density at radius 2 is 2.00 bits per heavy atom. The van der Waals surface area contributed by atoms with Crippen molar-refractivity contribution in [1.29, 1.82) is 0 Å². The molecule has 29 heavy (non-hydrogen) atoms. The number of ether oxygens (including phenoxy) is 1. The summed E-state index contributed by atoms with van der Waals surface area (Å²) in [4.78, 5) is 28.4. The van der Waals surface area contributed by atoms with Crippen molar-refractivity contribution in [3.63, 3.8) is 0 Å². The number of H-pyrrole nitrogens is 1. The number of aromatic amines is 1. The summed E-state index contributed by atoms with van der Waals surface area (Å²) in [5, 5.41) is 10.6. The molecule has 0 aliphatic carbocycles. The second-order valence-electron chi connectivity index (χ2n) is 9.00. The molecule has 2 aliphatic rings. The maximum Gasteiger partial charge on any atom is 0.277 e. The molecular formula is C20H27N5O3S. The molecule has 0 atom stereocenters. The third kappa shape index (κ3) is 3.47. The molecule has 2 amide bonds. The highest BCUT2D eigenvalue weighted by Gasteiger charge is 2.43. The molecule has 0 fully saturated rings. The number of carbonyl (C=O) groups excluding carboxylic acids is 2. The van der Waals surface area contributed by atoms with Gasteiger partial charge in [-0.3, -0.25) is 14.7 Å². The number of anilines is 1. The molecule has 156 valence electrons. The summed E-state index contributed by atoms with van der Waals surface area (Å²) in [6.45, 7) is 9.51. The van der Waals surface area contributed by atoms with Gasteiger partial charge in [0.15, 0.2) is 5.69 Å². The first-order chi connectivity index (χ1) is 13.5. The number of nitrogens with two attached hydrogens (primary N) is 1. The van der Waals surface area contributed by atoms with E-state index in [1.807, 2.05) is 34.7 Å². The maximum atomic E-state index is 13.0. The fourth-order valence-electron chi connectivity index (χ4n) is 4.45. The average molecular weight is 418 g/mol. The van der Waals surface area contributed by atoms with Gasteiger partial charge in [0.25, 0.3) is 11.8 Å². The first-order valence-electron chi connectivity index (χ1n) is 9.70. The van der Waals surface area contributed by atoms with Crippen LogP contribution >= 0.6 is 11.3 Å². The van der Waals surface area contributed by atoms with Crippen LogP contribution in [-0.2, 0) is 29.7 Å². The van der Waals surface area contributed by atoms with Crippen molar-refractivity contribution in [2.45, 2.75) is 58.3 Å². The van der Waals surface area contributed by atoms with Gasteiger partial charge >= 0.3 is 0 Å². The second-order valence-corrected chi connectivity index (χ2v) is 10.0. The number of amides is 2. The van der Waals surface area contributed by atoms with Gasteiger partial charge in [-0.1, -0.05) is 0 Å². The Labute approximate surface area is 173 Å². The third-order valence-electron chi connectivity index (χ3n) is 5.50. The van der Waals surface area contributed by atoms with E-state index in [0.717, 1.165) is 34.7 Å². The van der Waals surface area contributed by atoms with Crippen molar-refractivity contribution in [3.8, 4) is 0 Å².